The first-order valence-corrected chi connectivity index (χ1v) is 11.9. The van der Waals surface area contributed by atoms with E-state index in [0.717, 1.165) is 53.3 Å². The Morgan fingerprint density at radius 3 is 2.74 bits per heavy atom. The van der Waals surface area contributed by atoms with Crippen LogP contribution in [-0.4, -0.2) is 40.5 Å². The van der Waals surface area contributed by atoms with Crippen LogP contribution >= 0.6 is 0 Å². The lowest BCUT2D eigenvalue weighted by Gasteiger charge is -2.33. The van der Waals surface area contributed by atoms with Crippen LogP contribution in [-0.2, 0) is 0 Å². The molecule has 0 spiro atoms. The fourth-order valence-corrected chi connectivity index (χ4v) is 4.81. The van der Waals surface area contributed by atoms with E-state index < -0.39 is 0 Å². The average molecular weight is 455 g/mol. The summed E-state index contributed by atoms with van der Waals surface area (Å²) in [6.07, 6.45) is 4.02. The quantitative estimate of drug-likeness (QED) is 0.423. The summed E-state index contributed by atoms with van der Waals surface area (Å²) in [4.78, 5) is 20.1. The molecule has 6 nitrogen and oxygen atoms in total. The molecule has 174 valence electrons. The normalized spacial score (nSPS) is 16.9. The molecule has 0 saturated carbocycles. The van der Waals surface area contributed by atoms with Gasteiger partial charge in [0.05, 0.1) is 24.4 Å². The van der Waals surface area contributed by atoms with Crippen LogP contribution in [0.1, 0.15) is 43.1 Å². The number of benzene rings is 2. The van der Waals surface area contributed by atoms with E-state index in [1.165, 1.54) is 0 Å². The van der Waals surface area contributed by atoms with Crippen molar-refractivity contribution >= 4 is 11.5 Å². The molecule has 1 fully saturated rings. The predicted molar refractivity (Wildman–Crippen MR) is 134 cm³/mol. The largest absolute Gasteiger partial charge is 0.497 e. The van der Waals surface area contributed by atoms with Gasteiger partial charge in [-0.2, -0.15) is 0 Å². The maximum atomic E-state index is 13.1. The molecule has 6 heteroatoms. The number of likely N-dealkylation sites (tertiary alicyclic amines) is 1. The molecule has 1 aliphatic heterocycles. The highest BCUT2D eigenvalue weighted by molar-refractivity contribution is 5.79. The van der Waals surface area contributed by atoms with E-state index in [-0.39, 0.29) is 18.0 Å². The van der Waals surface area contributed by atoms with Crippen molar-refractivity contribution in [2.24, 2.45) is 0 Å². The number of nitrogens with one attached hydrogen (secondary N) is 1. The molecular weight excluding hydrogens is 424 g/mol. The van der Waals surface area contributed by atoms with Crippen LogP contribution in [0.15, 0.2) is 79.0 Å². The van der Waals surface area contributed by atoms with Gasteiger partial charge in [0, 0.05) is 30.8 Å². The zero-order valence-electron chi connectivity index (χ0n) is 19.6. The van der Waals surface area contributed by atoms with Crippen molar-refractivity contribution in [3.05, 3.63) is 90.4 Å². The highest BCUT2D eigenvalue weighted by Crippen LogP contribution is 2.33. The summed E-state index contributed by atoms with van der Waals surface area (Å²) in [5, 5.41) is 3.16. The third kappa shape index (κ3) is 4.36. The lowest BCUT2D eigenvalue weighted by Crippen LogP contribution is -2.45. The number of methoxy groups -OCH3 is 1. The number of carbonyl (C=O) groups is 1. The molecule has 2 aromatic heterocycles. The Balaban J connectivity index is 1.40. The van der Waals surface area contributed by atoms with Crippen molar-refractivity contribution in [2.45, 2.75) is 31.7 Å². The van der Waals surface area contributed by atoms with E-state index in [9.17, 15) is 4.79 Å². The highest BCUT2D eigenvalue weighted by atomic mass is 16.5. The van der Waals surface area contributed by atoms with Crippen molar-refractivity contribution < 1.29 is 9.53 Å². The summed E-state index contributed by atoms with van der Waals surface area (Å²) in [6, 6.07) is 24.2. The number of piperidine rings is 1. The monoisotopic (exact) mass is 454 g/mol. The second-order valence-corrected chi connectivity index (χ2v) is 8.87. The molecule has 1 aliphatic rings. The number of fused-ring (bicyclic) bond motifs is 1. The van der Waals surface area contributed by atoms with Crippen LogP contribution < -0.4 is 10.1 Å². The molecule has 5 rings (SSSR count). The molecule has 34 heavy (non-hydrogen) atoms. The smallest absolute Gasteiger partial charge is 0.317 e. The minimum absolute atomic E-state index is 0.0186. The molecule has 0 bridgehead atoms. The van der Waals surface area contributed by atoms with Gasteiger partial charge in [-0.25, -0.2) is 9.78 Å². The summed E-state index contributed by atoms with van der Waals surface area (Å²) in [7, 11) is 1.68. The fraction of sp³-hybridized carbons (Fsp3) is 0.286. The van der Waals surface area contributed by atoms with Crippen molar-refractivity contribution in [1.82, 2.24) is 19.6 Å². The number of pyridine rings is 1. The van der Waals surface area contributed by atoms with Crippen LogP contribution in [0.2, 0.25) is 0 Å². The summed E-state index contributed by atoms with van der Waals surface area (Å²) in [5.74, 6) is 1.98. The molecular formula is C28H30N4O2. The number of carbonyl (C=O) groups excluding carboxylic acids is 1. The zero-order valence-corrected chi connectivity index (χ0v) is 19.6. The Kier molecular flexibility index (Phi) is 6.21. The van der Waals surface area contributed by atoms with E-state index in [1.807, 2.05) is 72.5 Å². The summed E-state index contributed by atoms with van der Waals surface area (Å²) >= 11 is 0. The number of imidazole rings is 1. The summed E-state index contributed by atoms with van der Waals surface area (Å²) in [6.45, 7) is 3.44. The lowest BCUT2D eigenvalue weighted by atomic mass is 9.97. The van der Waals surface area contributed by atoms with Crippen molar-refractivity contribution in [2.75, 3.05) is 20.2 Å². The van der Waals surface area contributed by atoms with Crippen LogP contribution in [0, 0.1) is 0 Å². The van der Waals surface area contributed by atoms with Gasteiger partial charge in [-0.15, -0.1) is 0 Å². The second kappa shape index (κ2) is 9.59. The molecule has 3 heterocycles. The topological polar surface area (TPSA) is 58.9 Å². The third-order valence-electron chi connectivity index (χ3n) is 6.63. The van der Waals surface area contributed by atoms with Crippen molar-refractivity contribution in [1.29, 1.82) is 0 Å². The van der Waals surface area contributed by atoms with Crippen LogP contribution in [0.3, 0.4) is 0 Å². The average Bonchev–Trinajstić information content (AvgIpc) is 3.29. The van der Waals surface area contributed by atoms with Gasteiger partial charge in [0.1, 0.15) is 11.6 Å². The van der Waals surface area contributed by atoms with Gasteiger partial charge in [0.25, 0.3) is 0 Å². The van der Waals surface area contributed by atoms with Gasteiger partial charge >= 0.3 is 6.03 Å². The maximum absolute atomic E-state index is 13.1. The highest BCUT2D eigenvalue weighted by Gasteiger charge is 2.29. The van der Waals surface area contributed by atoms with E-state index in [4.69, 9.17) is 9.72 Å². The Labute approximate surface area is 200 Å². The Hall–Kier alpha value is -3.80. The van der Waals surface area contributed by atoms with Gasteiger partial charge in [-0.3, -0.25) is 0 Å². The molecule has 4 aromatic rings. The van der Waals surface area contributed by atoms with E-state index in [0.29, 0.717) is 6.54 Å². The Bertz CT molecular complexity index is 1280. The SMILES string of the molecule is COc1cccc(-c2nc(C3CCCN(C(=O)N[C@@H](C)c4ccccc4)C3)n3ccccc23)c1. The number of rotatable bonds is 5. The fourth-order valence-electron chi connectivity index (χ4n) is 4.81. The van der Waals surface area contributed by atoms with Crippen molar-refractivity contribution in [3.8, 4) is 17.0 Å². The van der Waals surface area contributed by atoms with E-state index in [2.05, 4.69) is 28.0 Å². The van der Waals surface area contributed by atoms with Crippen LogP contribution in [0.4, 0.5) is 4.79 Å². The number of hydrogen-bond acceptors (Lipinski definition) is 3. The molecule has 2 atom stereocenters. The van der Waals surface area contributed by atoms with Gasteiger partial charge in [0.15, 0.2) is 0 Å². The first-order valence-electron chi connectivity index (χ1n) is 11.9. The number of ether oxygens (including phenoxy) is 1. The first kappa shape index (κ1) is 22.0. The molecule has 0 radical (unpaired) electrons. The van der Waals surface area contributed by atoms with E-state index in [1.54, 1.807) is 7.11 Å². The standard InChI is InChI=1S/C28H30N4O2/c1-20(21-10-4-3-5-11-21)29-28(33)31-16-9-13-23(19-31)27-30-26(25-15-6-7-17-32(25)27)22-12-8-14-24(18-22)34-2/h3-8,10-12,14-15,17-18,20,23H,9,13,16,19H2,1-2H3,(H,29,33)/t20-,23?/m0/s1. The molecule has 2 aromatic carbocycles. The van der Waals surface area contributed by atoms with Crippen molar-refractivity contribution in [3.63, 3.8) is 0 Å². The molecule has 1 N–H and O–H groups in total. The summed E-state index contributed by atoms with van der Waals surface area (Å²) < 4.78 is 7.60. The number of urea groups is 1. The number of hydrogen-bond donors (Lipinski definition) is 1. The minimum atomic E-state index is -0.0407. The maximum Gasteiger partial charge on any atom is 0.317 e. The van der Waals surface area contributed by atoms with Gasteiger partial charge < -0.3 is 19.4 Å². The van der Waals surface area contributed by atoms with Crippen LogP contribution in [0.5, 0.6) is 5.75 Å². The third-order valence-corrected chi connectivity index (χ3v) is 6.63. The lowest BCUT2D eigenvalue weighted by molar-refractivity contribution is 0.175. The molecule has 1 saturated heterocycles. The van der Waals surface area contributed by atoms with Gasteiger partial charge in [-0.05, 0) is 49.6 Å². The first-order chi connectivity index (χ1) is 16.6. The number of aromatic nitrogens is 2. The Morgan fingerprint density at radius 1 is 1.09 bits per heavy atom. The number of amides is 2. The molecule has 1 unspecified atom stereocenters. The zero-order chi connectivity index (χ0) is 23.5. The van der Waals surface area contributed by atoms with Gasteiger partial charge in [-0.1, -0.05) is 48.5 Å². The Morgan fingerprint density at radius 2 is 1.91 bits per heavy atom. The number of nitrogens with zero attached hydrogens (tertiary/aromatic N) is 3. The van der Waals surface area contributed by atoms with E-state index >= 15 is 0 Å². The molecule has 0 aliphatic carbocycles. The summed E-state index contributed by atoms with van der Waals surface area (Å²) in [5.41, 5.74) is 4.13. The predicted octanol–water partition coefficient (Wildman–Crippen LogP) is 5.66. The minimum Gasteiger partial charge on any atom is -0.497 e. The van der Waals surface area contributed by atoms with Gasteiger partial charge in [0.2, 0.25) is 0 Å². The second-order valence-electron chi connectivity index (χ2n) is 8.87. The van der Waals surface area contributed by atoms with Crippen LogP contribution in [0.25, 0.3) is 16.8 Å². The molecule has 2 amide bonds.